The number of fused-ring (bicyclic) bond motifs is 3. The normalized spacial score (nSPS) is 17.1. The minimum atomic E-state index is -0.161. The molecule has 3 unspecified atom stereocenters. The molecule has 0 aliphatic carbocycles. The van der Waals surface area contributed by atoms with Crippen LogP contribution in [0.3, 0.4) is 0 Å². The zero-order chi connectivity index (χ0) is 39.2. The molecule has 0 bridgehead atoms. The van der Waals surface area contributed by atoms with Gasteiger partial charge in [-0.15, -0.1) is 0 Å². The molecule has 286 valence electrons. The predicted octanol–water partition coefficient (Wildman–Crippen LogP) is 13.9. The van der Waals surface area contributed by atoms with Gasteiger partial charge in [-0.05, 0) is 86.6 Å². The van der Waals surface area contributed by atoms with Crippen LogP contribution >= 0.6 is 0 Å². The molecule has 5 aromatic carbocycles. The van der Waals surface area contributed by atoms with Crippen LogP contribution in [0.2, 0.25) is 0 Å². The Labute approximate surface area is 334 Å². The Balaban J connectivity index is 1.42. The molecule has 1 aliphatic rings. The molecule has 0 fully saturated rings. The maximum absolute atomic E-state index is 5.80. The van der Waals surface area contributed by atoms with Gasteiger partial charge >= 0.3 is 0 Å². The summed E-state index contributed by atoms with van der Waals surface area (Å²) in [5.74, 6) is 2.95. The van der Waals surface area contributed by atoms with Crippen LogP contribution < -0.4 is 5.32 Å². The zero-order valence-corrected chi connectivity index (χ0v) is 34.8. The summed E-state index contributed by atoms with van der Waals surface area (Å²) >= 11 is 0. The first kappa shape index (κ1) is 37.6. The third-order valence-corrected chi connectivity index (χ3v) is 12.3. The van der Waals surface area contributed by atoms with E-state index in [0.29, 0.717) is 29.6 Å². The van der Waals surface area contributed by atoms with Crippen LogP contribution in [0.4, 0.5) is 5.69 Å². The lowest BCUT2D eigenvalue weighted by molar-refractivity contribution is 0.588. The van der Waals surface area contributed by atoms with E-state index in [1.165, 1.54) is 72.4 Å². The van der Waals surface area contributed by atoms with Crippen LogP contribution in [0.25, 0.3) is 33.4 Å². The monoisotopic (exact) mass is 738 g/mol. The Bertz CT molecular complexity index is 2480. The van der Waals surface area contributed by atoms with Gasteiger partial charge < -0.3 is 14.5 Å². The van der Waals surface area contributed by atoms with E-state index < -0.39 is 0 Å². The van der Waals surface area contributed by atoms with Crippen molar-refractivity contribution in [2.24, 2.45) is 7.05 Å². The summed E-state index contributed by atoms with van der Waals surface area (Å²) in [6.07, 6.45) is 3.37. The van der Waals surface area contributed by atoms with Crippen molar-refractivity contribution in [2.75, 3.05) is 5.32 Å². The van der Waals surface area contributed by atoms with Crippen molar-refractivity contribution >= 4 is 16.6 Å². The number of anilines is 1. The smallest absolute Gasteiger partial charge is 0.136 e. The first-order valence-corrected chi connectivity index (χ1v) is 20.8. The third-order valence-electron chi connectivity index (χ3n) is 12.3. The summed E-state index contributed by atoms with van der Waals surface area (Å²) < 4.78 is 4.80. The standard InChI is InChI=1S/C52H58N4/c1-32(2)39-28-43(34(5)6)47-44(29-39)36(8)27-35(7)41-25-18-24-40(33(3)4)49(41)54-50(47)52-53-45(31-55(52)9)48-42-23-16-17-26-46(42)56(30-37-19-12-10-13-20-37)51(48)38-21-14-11-15-22-38/h10-26,28-29,31-36,50,54H,27,30H2,1-9H3. The number of aryl methyl sites for hydroxylation is 1. The summed E-state index contributed by atoms with van der Waals surface area (Å²) in [6, 6.07) is 42.4. The van der Waals surface area contributed by atoms with Crippen molar-refractivity contribution < 1.29 is 0 Å². The number of benzene rings is 5. The van der Waals surface area contributed by atoms with E-state index in [4.69, 9.17) is 4.98 Å². The maximum Gasteiger partial charge on any atom is 0.136 e. The molecule has 56 heavy (non-hydrogen) atoms. The van der Waals surface area contributed by atoms with Crippen molar-refractivity contribution in [3.63, 3.8) is 0 Å². The number of imidazole rings is 1. The zero-order valence-electron chi connectivity index (χ0n) is 34.8. The second-order valence-electron chi connectivity index (χ2n) is 17.3. The molecule has 3 heterocycles. The largest absolute Gasteiger partial charge is 0.371 e. The fourth-order valence-electron chi connectivity index (χ4n) is 9.38. The average Bonchev–Trinajstić information content (AvgIpc) is 3.74. The minimum absolute atomic E-state index is 0.161. The molecule has 7 aromatic rings. The average molecular weight is 739 g/mol. The lowest BCUT2D eigenvalue weighted by Crippen LogP contribution is -2.22. The predicted molar refractivity (Wildman–Crippen MR) is 237 cm³/mol. The SMILES string of the molecule is CC(C)c1cc(C(C)C)c2c(c1)C(C)CC(C)c1cccc(C(C)C)c1NC2c1nc(-c2c(-c3ccccc3)n(Cc3ccccc3)c3ccccc23)cn1C. The van der Waals surface area contributed by atoms with E-state index in [0.717, 1.165) is 24.5 Å². The molecule has 0 amide bonds. The van der Waals surface area contributed by atoms with Gasteiger partial charge in [0, 0.05) is 41.9 Å². The Morgan fingerprint density at radius 1 is 0.696 bits per heavy atom. The highest BCUT2D eigenvalue weighted by Crippen LogP contribution is 2.48. The summed E-state index contributed by atoms with van der Waals surface area (Å²) in [5, 5.41) is 5.51. The Morgan fingerprint density at radius 2 is 1.36 bits per heavy atom. The molecule has 4 nitrogen and oxygen atoms in total. The molecule has 1 N–H and O–H groups in total. The van der Waals surface area contributed by atoms with E-state index in [-0.39, 0.29) is 6.04 Å². The fourth-order valence-corrected chi connectivity index (χ4v) is 9.38. The molecule has 4 heteroatoms. The van der Waals surface area contributed by atoms with Gasteiger partial charge in [0.15, 0.2) is 0 Å². The van der Waals surface area contributed by atoms with E-state index in [1.54, 1.807) is 0 Å². The third kappa shape index (κ3) is 6.78. The lowest BCUT2D eigenvalue weighted by Gasteiger charge is -2.30. The van der Waals surface area contributed by atoms with Crippen molar-refractivity contribution in [3.05, 3.63) is 166 Å². The highest BCUT2D eigenvalue weighted by atomic mass is 15.1. The summed E-state index contributed by atoms with van der Waals surface area (Å²) in [4.78, 5) is 5.80. The number of hydrogen-bond acceptors (Lipinski definition) is 2. The van der Waals surface area contributed by atoms with E-state index >= 15 is 0 Å². The Hall–Kier alpha value is -5.35. The van der Waals surface area contributed by atoms with E-state index in [9.17, 15) is 0 Å². The van der Waals surface area contributed by atoms with E-state index in [1.807, 2.05) is 0 Å². The number of aromatic nitrogens is 3. The van der Waals surface area contributed by atoms with Crippen LogP contribution in [-0.4, -0.2) is 14.1 Å². The fraction of sp³-hybridized carbons (Fsp3) is 0.327. The number of nitrogens with one attached hydrogen (secondary N) is 1. The molecule has 0 saturated carbocycles. The summed E-state index contributed by atoms with van der Waals surface area (Å²) in [5.41, 5.74) is 16.8. The number of nitrogens with zero attached hydrogens (tertiary/aromatic N) is 3. The van der Waals surface area contributed by atoms with Gasteiger partial charge in [-0.25, -0.2) is 4.98 Å². The Kier molecular flexibility index (Phi) is 10.3. The van der Waals surface area contributed by atoms with Crippen molar-refractivity contribution in [2.45, 2.75) is 104 Å². The highest BCUT2D eigenvalue weighted by molar-refractivity contribution is 6.04. The van der Waals surface area contributed by atoms with Crippen LogP contribution in [-0.2, 0) is 13.6 Å². The van der Waals surface area contributed by atoms with Crippen LogP contribution in [0.1, 0.15) is 142 Å². The van der Waals surface area contributed by atoms with Gasteiger partial charge in [-0.2, -0.15) is 0 Å². The minimum Gasteiger partial charge on any atom is -0.371 e. The second-order valence-corrected chi connectivity index (χ2v) is 17.3. The van der Waals surface area contributed by atoms with Crippen molar-refractivity contribution in [1.82, 2.24) is 14.1 Å². The summed E-state index contributed by atoms with van der Waals surface area (Å²) in [6.45, 7) is 19.7. The van der Waals surface area contributed by atoms with E-state index in [2.05, 4.69) is 198 Å². The molecule has 2 aromatic heterocycles. The van der Waals surface area contributed by atoms with Crippen LogP contribution in [0, 0.1) is 0 Å². The number of rotatable bonds is 8. The maximum atomic E-state index is 5.80. The van der Waals surface area contributed by atoms with Gasteiger partial charge in [0.1, 0.15) is 11.9 Å². The molecule has 0 radical (unpaired) electrons. The van der Waals surface area contributed by atoms with Crippen molar-refractivity contribution in [3.8, 4) is 22.5 Å². The molecule has 0 saturated heterocycles. The van der Waals surface area contributed by atoms with Gasteiger partial charge in [-0.1, -0.05) is 165 Å². The van der Waals surface area contributed by atoms with Gasteiger partial charge in [0.25, 0.3) is 0 Å². The molecule has 0 spiro atoms. The van der Waals surface area contributed by atoms with Crippen molar-refractivity contribution in [1.29, 1.82) is 0 Å². The van der Waals surface area contributed by atoms with Crippen LogP contribution in [0.15, 0.2) is 121 Å². The quantitative estimate of drug-likeness (QED) is 0.168. The molecule has 8 rings (SSSR count). The molecule has 3 atom stereocenters. The molecule has 1 aliphatic heterocycles. The molecular weight excluding hydrogens is 681 g/mol. The summed E-state index contributed by atoms with van der Waals surface area (Å²) in [7, 11) is 2.20. The number of hydrogen-bond donors (Lipinski definition) is 1. The van der Waals surface area contributed by atoms with Gasteiger partial charge in [0.05, 0.1) is 11.4 Å². The first-order valence-electron chi connectivity index (χ1n) is 20.8. The highest BCUT2D eigenvalue weighted by Gasteiger charge is 2.34. The van der Waals surface area contributed by atoms with Gasteiger partial charge in [0.2, 0.25) is 0 Å². The topological polar surface area (TPSA) is 34.8 Å². The second kappa shape index (κ2) is 15.3. The molecular formula is C52H58N4. The first-order chi connectivity index (χ1) is 27.0. The van der Waals surface area contributed by atoms with Gasteiger partial charge in [-0.3, -0.25) is 0 Å². The Morgan fingerprint density at radius 3 is 2.05 bits per heavy atom. The van der Waals surface area contributed by atoms with Crippen LogP contribution in [0.5, 0.6) is 0 Å². The number of para-hydroxylation sites is 2. The lowest BCUT2D eigenvalue weighted by atomic mass is 9.79.